The van der Waals surface area contributed by atoms with Gasteiger partial charge in [-0.25, -0.2) is 0 Å². The van der Waals surface area contributed by atoms with Gasteiger partial charge in [0, 0.05) is 25.9 Å². The third-order valence-corrected chi connectivity index (χ3v) is 4.64. The standard InChI is InChI=1S/C14H31NO2Si2/c1-8-15-11-9-13(16-18(2,3)4)14(10-12-15)17-19(5,6)7/h8-12H2,1-7H3. The van der Waals surface area contributed by atoms with Gasteiger partial charge in [-0.3, -0.25) is 0 Å². The Kier molecular flexibility index (Phi) is 5.70. The first kappa shape index (κ1) is 16.8. The van der Waals surface area contributed by atoms with Crippen LogP contribution in [0.2, 0.25) is 39.3 Å². The molecule has 0 spiro atoms. The molecule has 0 atom stereocenters. The van der Waals surface area contributed by atoms with Crippen LogP contribution in [0.1, 0.15) is 19.8 Å². The first-order valence-corrected chi connectivity index (χ1v) is 14.2. The van der Waals surface area contributed by atoms with Crippen LogP contribution >= 0.6 is 0 Å². The molecule has 0 aromatic rings. The average Bonchev–Trinajstić information content (AvgIpc) is 2.38. The first-order chi connectivity index (χ1) is 8.61. The van der Waals surface area contributed by atoms with E-state index >= 15 is 0 Å². The van der Waals surface area contributed by atoms with Crippen molar-refractivity contribution in [3.05, 3.63) is 11.5 Å². The normalized spacial score (nSPS) is 19.3. The predicted octanol–water partition coefficient (Wildman–Crippen LogP) is 4.02. The van der Waals surface area contributed by atoms with Crippen LogP contribution in [0, 0.1) is 0 Å². The summed E-state index contributed by atoms with van der Waals surface area (Å²) < 4.78 is 12.6. The summed E-state index contributed by atoms with van der Waals surface area (Å²) in [6, 6.07) is 0. The van der Waals surface area contributed by atoms with E-state index in [2.05, 4.69) is 51.1 Å². The summed E-state index contributed by atoms with van der Waals surface area (Å²) >= 11 is 0. The summed E-state index contributed by atoms with van der Waals surface area (Å²) in [4.78, 5) is 2.48. The lowest BCUT2D eigenvalue weighted by Gasteiger charge is -2.27. The molecule has 0 aromatic heterocycles. The topological polar surface area (TPSA) is 21.7 Å². The Hall–Kier alpha value is -0.266. The molecule has 19 heavy (non-hydrogen) atoms. The molecule has 0 saturated heterocycles. The van der Waals surface area contributed by atoms with Gasteiger partial charge in [0.2, 0.25) is 16.6 Å². The molecule has 0 amide bonds. The van der Waals surface area contributed by atoms with Gasteiger partial charge in [-0.2, -0.15) is 0 Å². The van der Waals surface area contributed by atoms with Crippen LogP contribution in [0.3, 0.4) is 0 Å². The van der Waals surface area contributed by atoms with Gasteiger partial charge < -0.3 is 13.8 Å². The van der Waals surface area contributed by atoms with Gasteiger partial charge in [-0.15, -0.1) is 0 Å². The van der Waals surface area contributed by atoms with Gasteiger partial charge in [-0.05, 0) is 45.8 Å². The Morgan fingerprint density at radius 3 is 1.47 bits per heavy atom. The molecule has 1 aliphatic rings. The van der Waals surface area contributed by atoms with E-state index in [-0.39, 0.29) is 0 Å². The van der Waals surface area contributed by atoms with E-state index in [9.17, 15) is 0 Å². The van der Waals surface area contributed by atoms with Crippen molar-refractivity contribution < 1.29 is 8.85 Å². The van der Waals surface area contributed by atoms with Crippen molar-refractivity contribution in [1.29, 1.82) is 0 Å². The molecule has 0 saturated carbocycles. The molecule has 0 unspecified atom stereocenters. The zero-order chi connectivity index (χ0) is 14.7. The molecule has 0 N–H and O–H groups in total. The molecule has 5 heteroatoms. The Bertz CT molecular complexity index is 299. The Morgan fingerprint density at radius 1 is 0.842 bits per heavy atom. The van der Waals surface area contributed by atoms with Crippen LogP contribution in [0.4, 0.5) is 0 Å². The number of rotatable bonds is 5. The molecule has 1 rings (SSSR count). The molecule has 0 fully saturated rings. The fourth-order valence-electron chi connectivity index (χ4n) is 2.18. The van der Waals surface area contributed by atoms with Crippen molar-refractivity contribution >= 4 is 16.6 Å². The van der Waals surface area contributed by atoms with Crippen LogP contribution in [0.5, 0.6) is 0 Å². The summed E-state index contributed by atoms with van der Waals surface area (Å²) in [5.74, 6) is 2.27. The van der Waals surface area contributed by atoms with E-state index in [4.69, 9.17) is 8.85 Å². The second-order valence-electron chi connectivity index (χ2n) is 7.21. The summed E-state index contributed by atoms with van der Waals surface area (Å²) in [6.07, 6.45) is 2.00. The fourth-order valence-corrected chi connectivity index (χ4v) is 4.09. The van der Waals surface area contributed by atoms with Crippen molar-refractivity contribution in [3.8, 4) is 0 Å². The third kappa shape index (κ3) is 6.63. The molecule has 0 radical (unpaired) electrons. The van der Waals surface area contributed by atoms with E-state index < -0.39 is 16.6 Å². The highest BCUT2D eigenvalue weighted by molar-refractivity contribution is 6.70. The van der Waals surface area contributed by atoms with E-state index in [0.29, 0.717) is 0 Å². The zero-order valence-corrected chi connectivity index (χ0v) is 15.8. The summed E-state index contributed by atoms with van der Waals surface area (Å²) in [5, 5.41) is 0. The maximum Gasteiger partial charge on any atom is 0.241 e. The molecular weight excluding hydrogens is 270 g/mol. The molecular formula is C14H31NO2Si2. The molecule has 3 nitrogen and oxygen atoms in total. The fraction of sp³-hybridized carbons (Fsp3) is 0.857. The third-order valence-electron chi connectivity index (χ3n) is 2.93. The second-order valence-corrected chi connectivity index (χ2v) is 16.1. The summed E-state index contributed by atoms with van der Waals surface area (Å²) in [5.41, 5.74) is 0. The largest absolute Gasteiger partial charge is 0.545 e. The van der Waals surface area contributed by atoms with E-state index in [1.807, 2.05) is 0 Å². The quantitative estimate of drug-likeness (QED) is 0.716. The highest BCUT2D eigenvalue weighted by Crippen LogP contribution is 2.26. The van der Waals surface area contributed by atoms with Gasteiger partial charge >= 0.3 is 0 Å². The number of hydrogen-bond acceptors (Lipinski definition) is 3. The van der Waals surface area contributed by atoms with Gasteiger partial charge in [0.1, 0.15) is 11.5 Å². The summed E-state index contributed by atoms with van der Waals surface area (Å²) in [6.45, 7) is 19.0. The lowest BCUT2D eigenvalue weighted by Crippen LogP contribution is -2.29. The van der Waals surface area contributed by atoms with E-state index in [0.717, 1.165) is 44.0 Å². The molecule has 1 heterocycles. The monoisotopic (exact) mass is 301 g/mol. The van der Waals surface area contributed by atoms with Crippen molar-refractivity contribution in [2.24, 2.45) is 0 Å². The van der Waals surface area contributed by atoms with Crippen molar-refractivity contribution in [3.63, 3.8) is 0 Å². The molecule has 112 valence electrons. The highest BCUT2D eigenvalue weighted by atomic mass is 28.4. The lowest BCUT2D eigenvalue weighted by molar-refractivity contribution is 0.288. The first-order valence-electron chi connectivity index (χ1n) is 7.43. The Balaban J connectivity index is 2.89. The molecule has 0 aromatic carbocycles. The van der Waals surface area contributed by atoms with Gasteiger partial charge in [0.25, 0.3) is 0 Å². The van der Waals surface area contributed by atoms with Gasteiger partial charge in [0.05, 0.1) is 0 Å². The van der Waals surface area contributed by atoms with E-state index in [1.54, 1.807) is 0 Å². The van der Waals surface area contributed by atoms with E-state index in [1.165, 1.54) is 0 Å². The average molecular weight is 302 g/mol. The second kappa shape index (κ2) is 6.46. The van der Waals surface area contributed by atoms with Crippen LogP contribution < -0.4 is 0 Å². The minimum absolute atomic E-state index is 0.998. The van der Waals surface area contributed by atoms with Crippen molar-refractivity contribution in [2.75, 3.05) is 19.6 Å². The zero-order valence-electron chi connectivity index (χ0n) is 13.8. The van der Waals surface area contributed by atoms with Crippen LogP contribution in [0.25, 0.3) is 0 Å². The lowest BCUT2D eigenvalue weighted by atomic mass is 10.3. The molecule has 0 bridgehead atoms. The molecule has 0 aliphatic carbocycles. The van der Waals surface area contributed by atoms with Gasteiger partial charge in [-0.1, -0.05) is 6.92 Å². The smallest absolute Gasteiger partial charge is 0.241 e. The Morgan fingerprint density at radius 2 is 1.21 bits per heavy atom. The van der Waals surface area contributed by atoms with Crippen LogP contribution in [0.15, 0.2) is 11.5 Å². The van der Waals surface area contributed by atoms with Crippen LogP contribution in [-0.4, -0.2) is 41.2 Å². The Labute approximate surface area is 121 Å². The maximum absolute atomic E-state index is 6.30. The van der Waals surface area contributed by atoms with Gasteiger partial charge in [0.15, 0.2) is 0 Å². The minimum atomic E-state index is -1.56. The summed E-state index contributed by atoms with van der Waals surface area (Å²) in [7, 11) is -3.11. The predicted molar refractivity (Wildman–Crippen MR) is 87.2 cm³/mol. The number of nitrogens with zero attached hydrogens (tertiary/aromatic N) is 1. The minimum Gasteiger partial charge on any atom is -0.545 e. The SMILES string of the molecule is CCN1CCC(O[Si](C)(C)C)=C(O[Si](C)(C)C)CC1. The molecule has 1 aliphatic heterocycles. The number of hydrogen-bond donors (Lipinski definition) is 0. The van der Waals surface area contributed by atoms with Crippen molar-refractivity contribution in [2.45, 2.75) is 59.0 Å². The maximum atomic E-state index is 6.30. The van der Waals surface area contributed by atoms with Crippen molar-refractivity contribution in [1.82, 2.24) is 4.90 Å². The highest BCUT2D eigenvalue weighted by Gasteiger charge is 2.27. The van der Waals surface area contributed by atoms with Crippen LogP contribution in [-0.2, 0) is 8.85 Å².